The molecule has 0 aliphatic carbocycles. The minimum atomic E-state index is -4.87. The molecule has 0 aliphatic heterocycles. The highest BCUT2D eigenvalue weighted by atomic mass is 19.4. The van der Waals surface area contributed by atoms with Crippen molar-refractivity contribution in [1.29, 1.82) is 0 Å². The standard InChI is InChI=1S/C16H11F6N3O2/c1-26-8-9-6-10(27-16(20,21)22)2-3-11(9)13-4-5-25-14(24-13)12(7-23-25)15(17,18)19/h2-7H,8H2,1H3. The first-order valence-electron chi connectivity index (χ1n) is 7.38. The highest BCUT2D eigenvalue weighted by molar-refractivity contribution is 5.67. The average molecular weight is 391 g/mol. The molecular formula is C16H11F6N3O2. The van der Waals surface area contributed by atoms with Crippen molar-refractivity contribution in [3.8, 4) is 17.0 Å². The van der Waals surface area contributed by atoms with Crippen LogP contribution in [0, 0.1) is 0 Å². The Morgan fingerprint density at radius 3 is 2.44 bits per heavy atom. The summed E-state index contributed by atoms with van der Waals surface area (Å²) in [6.07, 6.45) is -7.58. The second kappa shape index (κ2) is 6.72. The molecule has 27 heavy (non-hydrogen) atoms. The first kappa shape index (κ1) is 19.0. The maximum atomic E-state index is 13.1. The summed E-state index contributed by atoms with van der Waals surface area (Å²) in [6, 6.07) is 4.82. The predicted octanol–water partition coefficient (Wildman–Crippen LogP) is 4.46. The van der Waals surface area contributed by atoms with Crippen molar-refractivity contribution < 1.29 is 35.8 Å². The lowest BCUT2D eigenvalue weighted by atomic mass is 10.0. The molecule has 0 atom stereocenters. The van der Waals surface area contributed by atoms with Crippen LogP contribution in [0.1, 0.15) is 11.1 Å². The van der Waals surface area contributed by atoms with Gasteiger partial charge in [0.2, 0.25) is 0 Å². The summed E-state index contributed by atoms with van der Waals surface area (Å²) in [5, 5.41) is 3.60. The quantitative estimate of drug-likeness (QED) is 0.617. The maximum Gasteiger partial charge on any atom is 0.573 e. The minimum absolute atomic E-state index is 0.0946. The average Bonchev–Trinajstić information content (AvgIpc) is 2.97. The molecule has 144 valence electrons. The lowest BCUT2D eigenvalue weighted by Gasteiger charge is -2.13. The van der Waals surface area contributed by atoms with Gasteiger partial charge in [-0.3, -0.25) is 0 Å². The van der Waals surface area contributed by atoms with Crippen LogP contribution in [0.5, 0.6) is 5.75 Å². The number of ether oxygens (including phenoxy) is 2. The Morgan fingerprint density at radius 2 is 1.81 bits per heavy atom. The highest BCUT2D eigenvalue weighted by Gasteiger charge is 2.35. The van der Waals surface area contributed by atoms with Crippen molar-refractivity contribution in [3.63, 3.8) is 0 Å². The van der Waals surface area contributed by atoms with Crippen molar-refractivity contribution in [2.75, 3.05) is 7.11 Å². The topological polar surface area (TPSA) is 48.7 Å². The molecule has 0 spiro atoms. The van der Waals surface area contributed by atoms with Gasteiger partial charge in [0.1, 0.15) is 11.3 Å². The lowest BCUT2D eigenvalue weighted by Crippen LogP contribution is -2.17. The van der Waals surface area contributed by atoms with Crippen LogP contribution >= 0.6 is 0 Å². The van der Waals surface area contributed by atoms with Crippen molar-refractivity contribution in [1.82, 2.24) is 14.6 Å². The second-order valence-electron chi connectivity index (χ2n) is 5.44. The summed E-state index contributed by atoms with van der Waals surface area (Å²) in [5.74, 6) is -0.472. The van der Waals surface area contributed by atoms with E-state index in [2.05, 4.69) is 14.8 Å². The first-order valence-corrected chi connectivity index (χ1v) is 7.38. The van der Waals surface area contributed by atoms with Gasteiger partial charge in [-0.25, -0.2) is 9.50 Å². The number of fused-ring (bicyclic) bond motifs is 1. The van der Waals surface area contributed by atoms with Crippen LogP contribution in [0.25, 0.3) is 16.9 Å². The van der Waals surface area contributed by atoms with Crippen molar-refractivity contribution in [2.45, 2.75) is 19.1 Å². The van der Waals surface area contributed by atoms with E-state index in [0.717, 1.165) is 16.6 Å². The molecule has 0 bridgehead atoms. The molecule has 0 radical (unpaired) electrons. The van der Waals surface area contributed by atoms with E-state index in [9.17, 15) is 26.3 Å². The molecule has 2 aromatic heterocycles. The molecule has 0 fully saturated rings. The summed E-state index contributed by atoms with van der Waals surface area (Å²) < 4.78 is 86.2. The molecule has 1 aromatic carbocycles. The third-order valence-electron chi connectivity index (χ3n) is 3.56. The zero-order valence-electron chi connectivity index (χ0n) is 13.6. The number of nitrogens with zero attached hydrogens (tertiary/aromatic N) is 3. The van der Waals surface area contributed by atoms with Gasteiger partial charge in [0, 0.05) is 18.9 Å². The molecule has 3 rings (SSSR count). The molecule has 0 N–H and O–H groups in total. The Bertz CT molecular complexity index is 965. The molecule has 0 saturated heterocycles. The van der Waals surface area contributed by atoms with E-state index in [1.54, 1.807) is 0 Å². The first-order chi connectivity index (χ1) is 12.6. The molecule has 3 aromatic rings. The van der Waals surface area contributed by atoms with Crippen LogP contribution in [-0.4, -0.2) is 28.1 Å². The Kier molecular flexibility index (Phi) is 4.72. The third-order valence-corrected chi connectivity index (χ3v) is 3.56. The van der Waals surface area contributed by atoms with E-state index in [0.29, 0.717) is 11.8 Å². The number of hydrogen-bond donors (Lipinski definition) is 0. The maximum absolute atomic E-state index is 13.1. The number of methoxy groups -OCH3 is 1. The number of benzene rings is 1. The summed E-state index contributed by atoms with van der Waals surface area (Å²) in [6.45, 7) is -0.0946. The normalized spacial score (nSPS) is 12.6. The fourth-order valence-corrected chi connectivity index (χ4v) is 2.51. The third kappa shape index (κ3) is 4.13. The van der Waals surface area contributed by atoms with Crippen LogP contribution in [0.15, 0.2) is 36.7 Å². The molecular weight excluding hydrogens is 380 g/mol. The zero-order chi connectivity index (χ0) is 19.8. The fraction of sp³-hybridized carbons (Fsp3) is 0.250. The van der Waals surface area contributed by atoms with E-state index in [4.69, 9.17) is 4.74 Å². The molecule has 0 saturated carbocycles. The van der Waals surface area contributed by atoms with Gasteiger partial charge >= 0.3 is 12.5 Å². The van der Waals surface area contributed by atoms with E-state index in [1.807, 2.05) is 0 Å². The van der Waals surface area contributed by atoms with Crippen LogP contribution < -0.4 is 4.74 Å². The van der Waals surface area contributed by atoms with Crippen LogP contribution in [0.4, 0.5) is 26.3 Å². The largest absolute Gasteiger partial charge is 0.573 e. The summed E-state index contributed by atoms with van der Waals surface area (Å²) >= 11 is 0. The zero-order valence-corrected chi connectivity index (χ0v) is 13.6. The van der Waals surface area contributed by atoms with Gasteiger partial charge in [-0.2, -0.15) is 18.3 Å². The Balaban J connectivity index is 2.09. The van der Waals surface area contributed by atoms with Gasteiger partial charge in [0.25, 0.3) is 0 Å². The lowest BCUT2D eigenvalue weighted by molar-refractivity contribution is -0.274. The Morgan fingerprint density at radius 1 is 1.07 bits per heavy atom. The number of rotatable bonds is 4. The van der Waals surface area contributed by atoms with E-state index < -0.39 is 29.5 Å². The summed E-state index contributed by atoms with van der Waals surface area (Å²) in [5.41, 5.74) is -0.736. The molecule has 5 nitrogen and oxygen atoms in total. The van der Waals surface area contributed by atoms with Gasteiger partial charge in [0.15, 0.2) is 5.65 Å². The Hall–Kier alpha value is -2.82. The second-order valence-corrected chi connectivity index (χ2v) is 5.44. The van der Waals surface area contributed by atoms with E-state index in [-0.39, 0.29) is 17.9 Å². The van der Waals surface area contributed by atoms with E-state index >= 15 is 0 Å². The smallest absolute Gasteiger partial charge is 0.406 e. The SMILES string of the molecule is COCc1cc(OC(F)(F)F)ccc1-c1ccn2ncc(C(F)(F)F)c2n1. The molecule has 0 unspecified atom stereocenters. The van der Waals surface area contributed by atoms with Crippen molar-refractivity contribution in [3.05, 3.63) is 47.8 Å². The van der Waals surface area contributed by atoms with E-state index in [1.165, 1.54) is 25.4 Å². The van der Waals surface area contributed by atoms with Crippen LogP contribution in [0.3, 0.4) is 0 Å². The number of halogens is 6. The summed E-state index contributed by atoms with van der Waals surface area (Å²) in [4.78, 5) is 3.98. The monoisotopic (exact) mass is 391 g/mol. The highest BCUT2D eigenvalue weighted by Crippen LogP contribution is 2.34. The molecule has 2 heterocycles. The molecule has 0 aliphatic rings. The molecule has 0 amide bonds. The number of hydrogen-bond acceptors (Lipinski definition) is 4. The van der Waals surface area contributed by atoms with Gasteiger partial charge in [-0.05, 0) is 29.8 Å². The van der Waals surface area contributed by atoms with Crippen molar-refractivity contribution in [2.24, 2.45) is 0 Å². The predicted molar refractivity (Wildman–Crippen MR) is 80.8 cm³/mol. The summed E-state index contributed by atoms with van der Waals surface area (Å²) in [7, 11) is 1.33. The van der Waals surface area contributed by atoms with Gasteiger partial charge < -0.3 is 9.47 Å². The Labute approximate surface area is 148 Å². The van der Waals surface area contributed by atoms with Crippen molar-refractivity contribution >= 4 is 5.65 Å². The minimum Gasteiger partial charge on any atom is -0.406 e. The molecule has 11 heteroatoms. The fourth-order valence-electron chi connectivity index (χ4n) is 2.51. The van der Waals surface area contributed by atoms with Gasteiger partial charge in [-0.15, -0.1) is 13.2 Å². The van der Waals surface area contributed by atoms with Gasteiger partial charge in [-0.1, -0.05) is 0 Å². The number of alkyl halides is 6. The van der Waals surface area contributed by atoms with Crippen LogP contribution in [0.2, 0.25) is 0 Å². The van der Waals surface area contributed by atoms with Crippen LogP contribution in [-0.2, 0) is 17.5 Å². The van der Waals surface area contributed by atoms with Gasteiger partial charge in [0.05, 0.1) is 18.5 Å². The number of aromatic nitrogens is 3.